The molecular formula is C24H31N5O2. The summed E-state index contributed by atoms with van der Waals surface area (Å²) in [6.07, 6.45) is 4.35. The van der Waals surface area contributed by atoms with Crippen LogP contribution in [0.2, 0.25) is 0 Å². The molecule has 0 unspecified atom stereocenters. The summed E-state index contributed by atoms with van der Waals surface area (Å²) in [7, 11) is 0. The number of rotatable bonds is 7. The van der Waals surface area contributed by atoms with Gasteiger partial charge in [0.25, 0.3) is 0 Å². The number of fused-ring (bicyclic) bond motifs is 1. The standard InChI is InChI=1S/C24H31N5O2/c1-17(2)25-9-7-22(31)28-10-12-29(13-11-28)23-20-6-8-26-24(20)27-15-21(23)19-5-3-4-18(14-19)16-30/h3-6,8,14-15,17,25,30H,7,9-13,16H2,1-2H3,(H,26,27). The van der Waals surface area contributed by atoms with Gasteiger partial charge >= 0.3 is 0 Å². The van der Waals surface area contributed by atoms with Crippen LogP contribution in [0.4, 0.5) is 5.69 Å². The van der Waals surface area contributed by atoms with Gasteiger partial charge in [-0.05, 0) is 23.3 Å². The third-order valence-corrected chi connectivity index (χ3v) is 5.82. The van der Waals surface area contributed by atoms with Gasteiger partial charge in [0, 0.05) is 68.5 Å². The molecule has 7 heteroatoms. The predicted molar refractivity (Wildman–Crippen MR) is 124 cm³/mol. The number of aliphatic hydroxyl groups excluding tert-OH is 1. The Balaban J connectivity index is 1.56. The van der Waals surface area contributed by atoms with Gasteiger partial charge in [-0.3, -0.25) is 4.79 Å². The molecule has 1 aliphatic rings. The number of hydrogen-bond donors (Lipinski definition) is 3. The predicted octanol–water partition coefficient (Wildman–Crippen LogP) is 2.76. The number of piperazine rings is 1. The highest BCUT2D eigenvalue weighted by molar-refractivity contribution is 5.99. The molecule has 0 radical (unpaired) electrons. The molecule has 1 saturated heterocycles. The van der Waals surface area contributed by atoms with Crippen LogP contribution in [0.3, 0.4) is 0 Å². The fourth-order valence-electron chi connectivity index (χ4n) is 4.19. The molecule has 7 nitrogen and oxygen atoms in total. The van der Waals surface area contributed by atoms with E-state index in [0.29, 0.717) is 25.6 Å². The fourth-order valence-corrected chi connectivity index (χ4v) is 4.19. The van der Waals surface area contributed by atoms with E-state index in [-0.39, 0.29) is 12.5 Å². The molecule has 0 saturated carbocycles. The van der Waals surface area contributed by atoms with Crippen LogP contribution in [-0.2, 0) is 11.4 Å². The molecule has 4 rings (SSSR count). The lowest BCUT2D eigenvalue weighted by atomic mass is 10.0. The van der Waals surface area contributed by atoms with E-state index < -0.39 is 0 Å². The van der Waals surface area contributed by atoms with Gasteiger partial charge in [0.2, 0.25) is 5.91 Å². The van der Waals surface area contributed by atoms with E-state index in [1.165, 1.54) is 0 Å². The van der Waals surface area contributed by atoms with E-state index in [9.17, 15) is 9.90 Å². The summed E-state index contributed by atoms with van der Waals surface area (Å²) in [6.45, 7) is 7.89. The van der Waals surface area contributed by atoms with Crippen LogP contribution in [-0.4, -0.2) is 64.6 Å². The lowest BCUT2D eigenvalue weighted by Gasteiger charge is -2.37. The summed E-state index contributed by atoms with van der Waals surface area (Å²) in [5.41, 5.74) is 4.95. The zero-order valence-electron chi connectivity index (χ0n) is 18.3. The summed E-state index contributed by atoms with van der Waals surface area (Å²) >= 11 is 0. The van der Waals surface area contributed by atoms with Crippen molar-refractivity contribution in [2.24, 2.45) is 0 Å². The highest BCUT2D eigenvalue weighted by atomic mass is 16.3. The van der Waals surface area contributed by atoms with Gasteiger partial charge < -0.3 is 25.2 Å². The van der Waals surface area contributed by atoms with Crippen LogP contribution in [0.5, 0.6) is 0 Å². The van der Waals surface area contributed by atoms with Gasteiger partial charge in [-0.25, -0.2) is 4.98 Å². The maximum atomic E-state index is 12.6. The topological polar surface area (TPSA) is 84.5 Å². The van der Waals surface area contributed by atoms with Crippen molar-refractivity contribution in [3.05, 3.63) is 48.3 Å². The summed E-state index contributed by atoms with van der Waals surface area (Å²) < 4.78 is 0. The second-order valence-corrected chi connectivity index (χ2v) is 8.35. The van der Waals surface area contributed by atoms with Gasteiger partial charge in [0.05, 0.1) is 12.3 Å². The number of H-pyrrole nitrogens is 1. The second kappa shape index (κ2) is 9.49. The number of aromatic nitrogens is 2. The van der Waals surface area contributed by atoms with E-state index in [1.807, 2.05) is 35.5 Å². The number of nitrogens with one attached hydrogen (secondary N) is 2. The molecule has 164 valence electrons. The zero-order chi connectivity index (χ0) is 21.8. The molecule has 0 aliphatic carbocycles. The third kappa shape index (κ3) is 4.73. The van der Waals surface area contributed by atoms with Gasteiger partial charge in [-0.2, -0.15) is 0 Å². The number of aromatic amines is 1. The normalized spacial score (nSPS) is 14.6. The Hall–Kier alpha value is -2.90. The maximum Gasteiger partial charge on any atom is 0.223 e. The SMILES string of the molecule is CC(C)NCCC(=O)N1CCN(c2c(-c3cccc(CO)c3)cnc3[nH]ccc23)CC1. The van der Waals surface area contributed by atoms with Crippen molar-refractivity contribution in [3.8, 4) is 11.1 Å². The Morgan fingerprint density at radius 3 is 2.77 bits per heavy atom. The summed E-state index contributed by atoms with van der Waals surface area (Å²) in [5, 5.41) is 14.0. The molecule has 0 atom stereocenters. The quantitative estimate of drug-likeness (QED) is 0.546. The van der Waals surface area contributed by atoms with Crippen molar-refractivity contribution in [3.63, 3.8) is 0 Å². The molecule has 3 heterocycles. The minimum absolute atomic E-state index is 0.00938. The number of aliphatic hydroxyl groups is 1. The van der Waals surface area contributed by atoms with Gasteiger partial charge in [-0.1, -0.05) is 32.0 Å². The van der Waals surface area contributed by atoms with Crippen LogP contribution in [0, 0.1) is 0 Å². The average Bonchev–Trinajstić information content (AvgIpc) is 3.27. The zero-order valence-corrected chi connectivity index (χ0v) is 18.3. The van der Waals surface area contributed by atoms with Crippen LogP contribution < -0.4 is 10.2 Å². The van der Waals surface area contributed by atoms with Crippen molar-refractivity contribution in [1.29, 1.82) is 0 Å². The number of nitrogens with zero attached hydrogens (tertiary/aromatic N) is 3. The molecule has 1 aliphatic heterocycles. The van der Waals surface area contributed by atoms with Crippen LogP contribution in [0.1, 0.15) is 25.8 Å². The molecule has 2 aromatic heterocycles. The van der Waals surface area contributed by atoms with Gasteiger partial charge in [0.15, 0.2) is 0 Å². The largest absolute Gasteiger partial charge is 0.392 e. The monoisotopic (exact) mass is 421 g/mol. The molecule has 1 aromatic carbocycles. The summed E-state index contributed by atoms with van der Waals surface area (Å²) in [6, 6.07) is 10.4. The Morgan fingerprint density at radius 1 is 1.23 bits per heavy atom. The Bertz CT molecular complexity index is 1040. The summed E-state index contributed by atoms with van der Waals surface area (Å²) in [5.74, 6) is 0.213. The minimum Gasteiger partial charge on any atom is -0.392 e. The third-order valence-electron chi connectivity index (χ3n) is 5.82. The Labute approximate surface area is 183 Å². The van der Waals surface area contributed by atoms with Crippen molar-refractivity contribution in [2.45, 2.75) is 32.9 Å². The summed E-state index contributed by atoms with van der Waals surface area (Å²) in [4.78, 5) is 24.7. The van der Waals surface area contributed by atoms with E-state index in [2.05, 4.69) is 46.2 Å². The fraction of sp³-hybridized carbons (Fsp3) is 0.417. The highest BCUT2D eigenvalue weighted by Gasteiger charge is 2.25. The van der Waals surface area contributed by atoms with Crippen molar-refractivity contribution < 1.29 is 9.90 Å². The first-order valence-corrected chi connectivity index (χ1v) is 11.0. The van der Waals surface area contributed by atoms with Gasteiger partial charge in [0.1, 0.15) is 5.65 Å². The first kappa shape index (κ1) is 21.3. The van der Waals surface area contributed by atoms with Crippen molar-refractivity contribution in [2.75, 3.05) is 37.6 Å². The highest BCUT2D eigenvalue weighted by Crippen LogP contribution is 2.37. The molecule has 3 N–H and O–H groups in total. The van der Waals surface area contributed by atoms with E-state index in [4.69, 9.17) is 0 Å². The molecule has 1 fully saturated rings. The Kier molecular flexibility index (Phi) is 6.53. The van der Waals surface area contributed by atoms with Crippen LogP contribution in [0.15, 0.2) is 42.7 Å². The maximum absolute atomic E-state index is 12.6. The number of anilines is 1. The minimum atomic E-state index is 0.00938. The van der Waals surface area contributed by atoms with E-state index in [1.54, 1.807) is 0 Å². The number of benzene rings is 1. The van der Waals surface area contributed by atoms with Crippen LogP contribution >= 0.6 is 0 Å². The van der Waals surface area contributed by atoms with Crippen LogP contribution in [0.25, 0.3) is 22.2 Å². The average molecular weight is 422 g/mol. The Morgan fingerprint density at radius 2 is 2.03 bits per heavy atom. The smallest absolute Gasteiger partial charge is 0.223 e. The number of amides is 1. The molecule has 0 spiro atoms. The molecule has 3 aromatic rings. The lowest BCUT2D eigenvalue weighted by Crippen LogP contribution is -2.49. The number of carbonyl (C=O) groups is 1. The number of hydrogen-bond acceptors (Lipinski definition) is 5. The molecule has 31 heavy (non-hydrogen) atoms. The lowest BCUT2D eigenvalue weighted by molar-refractivity contribution is -0.131. The number of pyridine rings is 1. The molecule has 0 bridgehead atoms. The van der Waals surface area contributed by atoms with Crippen molar-refractivity contribution >= 4 is 22.6 Å². The van der Waals surface area contributed by atoms with Gasteiger partial charge in [-0.15, -0.1) is 0 Å². The number of carbonyl (C=O) groups excluding carboxylic acids is 1. The second-order valence-electron chi connectivity index (χ2n) is 8.35. The van der Waals surface area contributed by atoms with Crippen molar-refractivity contribution in [1.82, 2.24) is 20.2 Å². The van der Waals surface area contributed by atoms with E-state index >= 15 is 0 Å². The van der Waals surface area contributed by atoms with E-state index in [0.717, 1.165) is 53.0 Å². The molecular weight excluding hydrogens is 390 g/mol. The first-order valence-electron chi connectivity index (χ1n) is 11.0. The molecule has 1 amide bonds. The first-order chi connectivity index (χ1) is 15.1.